The first kappa shape index (κ1) is 23.3. The van der Waals surface area contributed by atoms with Crippen molar-refractivity contribution in [2.45, 2.75) is 6.61 Å². The molecule has 5 nitrogen and oxygen atoms in total. The molecule has 0 unspecified atom stereocenters. The van der Waals surface area contributed by atoms with Gasteiger partial charge in [-0.1, -0.05) is 84.4 Å². The molecule has 6 heteroatoms. The van der Waals surface area contributed by atoms with E-state index in [4.69, 9.17) is 21.3 Å². The molecule has 1 amide bonds. The molecule has 4 aromatic carbocycles. The third-order valence-corrected chi connectivity index (χ3v) is 5.88. The Morgan fingerprint density at radius 1 is 0.889 bits per heavy atom. The van der Waals surface area contributed by atoms with Crippen molar-refractivity contribution in [1.82, 2.24) is 10.4 Å². The minimum absolute atomic E-state index is 0.318. The minimum atomic E-state index is -0.318. The van der Waals surface area contributed by atoms with Crippen LogP contribution in [0.2, 0.25) is 5.02 Å². The molecule has 0 aliphatic heterocycles. The molecule has 0 atom stereocenters. The highest BCUT2D eigenvalue weighted by molar-refractivity contribution is 6.30. The van der Waals surface area contributed by atoms with E-state index in [1.165, 1.54) is 0 Å². The molecule has 5 rings (SSSR count). The van der Waals surface area contributed by atoms with Crippen LogP contribution in [0.5, 0.6) is 5.75 Å². The average Bonchev–Trinajstić information content (AvgIpc) is 2.93. The number of nitrogens with one attached hydrogen (secondary N) is 1. The Morgan fingerprint density at radius 3 is 2.44 bits per heavy atom. The van der Waals surface area contributed by atoms with Crippen LogP contribution < -0.4 is 10.2 Å². The SMILES string of the molecule is O=C(NN=Cc1ccccc1OCc1ccc(Cl)cc1)c1cc(-c2ccccc2)nc2ccccc12. The van der Waals surface area contributed by atoms with Crippen molar-refractivity contribution < 1.29 is 9.53 Å². The number of halogens is 1. The predicted molar refractivity (Wildman–Crippen MR) is 144 cm³/mol. The monoisotopic (exact) mass is 491 g/mol. The van der Waals surface area contributed by atoms with Gasteiger partial charge in [0, 0.05) is 21.5 Å². The quantitative estimate of drug-likeness (QED) is 0.199. The second-order valence-corrected chi connectivity index (χ2v) is 8.53. The number of hydrogen-bond donors (Lipinski definition) is 1. The number of para-hydroxylation sites is 2. The summed E-state index contributed by atoms with van der Waals surface area (Å²) in [5, 5.41) is 5.65. The second kappa shape index (κ2) is 10.8. The van der Waals surface area contributed by atoms with Gasteiger partial charge >= 0.3 is 0 Å². The summed E-state index contributed by atoms with van der Waals surface area (Å²) in [6, 6.07) is 34.2. The molecule has 0 bridgehead atoms. The number of fused-ring (bicyclic) bond motifs is 1. The van der Waals surface area contributed by atoms with E-state index in [-0.39, 0.29) is 5.91 Å². The zero-order valence-electron chi connectivity index (χ0n) is 19.3. The van der Waals surface area contributed by atoms with Crippen molar-refractivity contribution in [3.8, 4) is 17.0 Å². The van der Waals surface area contributed by atoms with Crippen LogP contribution in [0.1, 0.15) is 21.5 Å². The number of hydrazone groups is 1. The number of pyridine rings is 1. The lowest BCUT2D eigenvalue weighted by molar-refractivity contribution is 0.0956. The van der Waals surface area contributed by atoms with Gasteiger partial charge in [-0.05, 0) is 42.0 Å². The van der Waals surface area contributed by atoms with Gasteiger partial charge in [-0.25, -0.2) is 10.4 Å². The van der Waals surface area contributed by atoms with Crippen LogP contribution in [0.25, 0.3) is 22.2 Å². The van der Waals surface area contributed by atoms with E-state index in [1.807, 2.05) is 103 Å². The Kier molecular flexibility index (Phi) is 7.01. The van der Waals surface area contributed by atoms with Crippen molar-refractivity contribution in [2.75, 3.05) is 0 Å². The van der Waals surface area contributed by atoms with Gasteiger partial charge in [-0.15, -0.1) is 0 Å². The fraction of sp³-hybridized carbons (Fsp3) is 0.0333. The van der Waals surface area contributed by atoms with E-state index in [2.05, 4.69) is 10.5 Å². The number of carbonyl (C=O) groups excluding carboxylic acids is 1. The standard InChI is InChI=1S/C30H22ClN3O2/c31-24-16-14-21(15-17-24)20-36-29-13-7-4-10-23(29)19-32-34-30(35)26-18-28(22-8-2-1-3-9-22)33-27-12-6-5-11-25(26)27/h1-19H,20H2,(H,34,35). The molecule has 5 aromatic rings. The van der Waals surface area contributed by atoms with E-state index in [9.17, 15) is 4.79 Å². The summed E-state index contributed by atoms with van der Waals surface area (Å²) in [6.45, 7) is 0.389. The van der Waals surface area contributed by atoms with Crippen LogP contribution in [-0.4, -0.2) is 17.1 Å². The van der Waals surface area contributed by atoms with Crippen LogP contribution in [0, 0.1) is 0 Å². The zero-order valence-corrected chi connectivity index (χ0v) is 20.0. The molecule has 0 radical (unpaired) electrons. The summed E-state index contributed by atoms with van der Waals surface area (Å²) < 4.78 is 5.97. The van der Waals surface area contributed by atoms with Crippen LogP contribution in [0.3, 0.4) is 0 Å². The lowest BCUT2D eigenvalue weighted by Gasteiger charge is -2.10. The molecule has 1 N–H and O–H groups in total. The fourth-order valence-electron chi connectivity index (χ4n) is 3.80. The van der Waals surface area contributed by atoms with Gasteiger partial charge in [0.05, 0.1) is 23.0 Å². The van der Waals surface area contributed by atoms with Crippen molar-refractivity contribution in [3.63, 3.8) is 0 Å². The Hall–Kier alpha value is -4.48. The molecule has 36 heavy (non-hydrogen) atoms. The highest BCUT2D eigenvalue weighted by atomic mass is 35.5. The second-order valence-electron chi connectivity index (χ2n) is 8.09. The minimum Gasteiger partial charge on any atom is -0.488 e. The molecular formula is C30H22ClN3O2. The maximum Gasteiger partial charge on any atom is 0.272 e. The zero-order chi connectivity index (χ0) is 24.7. The number of carbonyl (C=O) groups is 1. The number of hydrogen-bond acceptors (Lipinski definition) is 4. The molecule has 0 aliphatic carbocycles. The van der Waals surface area contributed by atoms with Crippen molar-refractivity contribution in [2.24, 2.45) is 5.10 Å². The maximum absolute atomic E-state index is 13.2. The predicted octanol–water partition coefficient (Wildman–Crippen LogP) is 6.90. The first-order valence-electron chi connectivity index (χ1n) is 11.4. The lowest BCUT2D eigenvalue weighted by atomic mass is 10.0. The normalized spacial score (nSPS) is 11.0. The summed E-state index contributed by atoms with van der Waals surface area (Å²) in [6.07, 6.45) is 1.58. The van der Waals surface area contributed by atoms with E-state index < -0.39 is 0 Å². The van der Waals surface area contributed by atoms with E-state index in [1.54, 1.807) is 12.3 Å². The number of nitrogens with zero attached hydrogens (tertiary/aromatic N) is 2. The van der Waals surface area contributed by atoms with Gasteiger partial charge in [0.15, 0.2) is 0 Å². The van der Waals surface area contributed by atoms with Gasteiger partial charge in [0.25, 0.3) is 5.91 Å². The molecule has 1 heterocycles. The summed E-state index contributed by atoms with van der Waals surface area (Å²) in [7, 11) is 0. The first-order valence-corrected chi connectivity index (χ1v) is 11.8. The maximum atomic E-state index is 13.2. The number of ether oxygens (including phenoxy) is 1. The van der Waals surface area contributed by atoms with Crippen LogP contribution >= 0.6 is 11.6 Å². The van der Waals surface area contributed by atoms with Crippen LogP contribution in [0.15, 0.2) is 114 Å². The lowest BCUT2D eigenvalue weighted by Crippen LogP contribution is -2.18. The highest BCUT2D eigenvalue weighted by Crippen LogP contribution is 2.25. The van der Waals surface area contributed by atoms with Gasteiger partial charge in [-0.3, -0.25) is 4.79 Å². The molecule has 0 fully saturated rings. The average molecular weight is 492 g/mol. The first-order chi connectivity index (χ1) is 17.7. The summed E-state index contributed by atoms with van der Waals surface area (Å²) in [5.41, 5.74) is 7.31. The van der Waals surface area contributed by atoms with E-state index in [0.29, 0.717) is 22.9 Å². The van der Waals surface area contributed by atoms with Gasteiger partial charge in [0.2, 0.25) is 0 Å². The summed E-state index contributed by atoms with van der Waals surface area (Å²) in [5.74, 6) is 0.341. The molecule has 0 saturated carbocycles. The Morgan fingerprint density at radius 2 is 1.61 bits per heavy atom. The van der Waals surface area contributed by atoms with E-state index >= 15 is 0 Å². The Balaban J connectivity index is 1.35. The number of benzene rings is 4. The molecule has 0 saturated heterocycles. The topological polar surface area (TPSA) is 63.6 Å². The summed E-state index contributed by atoms with van der Waals surface area (Å²) >= 11 is 5.96. The summed E-state index contributed by atoms with van der Waals surface area (Å²) in [4.78, 5) is 17.9. The van der Waals surface area contributed by atoms with Crippen LogP contribution in [-0.2, 0) is 6.61 Å². The van der Waals surface area contributed by atoms with Gasteiger partial charge in [-0.2, -0.15) is 5.10 Å². The third kappa shape index (κ3) is 5.43. The number of rotatable bonds is 7. The smallest absolute Gasteiger partial charge is 0.272 e. The molecule has 176 valence electrons. The fourth-order valence-corrected chi connectivity index (χ4v) is 3.93. The van der Waals surface area contributed by atoms with Gasteiger partial charge < -0.3 is 4.74 Å². The Bertz CT molecular complexity index is 1530. The van der Waals surface area contributed by atoms with Crippen molar-refractivity contribution in [1.29, 1.82) is 0 Å². The molecule has 0 spiro atoms. The molecular weight excluding hydrogens is 470 g/mol. The number of aromatic nitrogens is 1. The Labute approximate surface area is 214 Å². The van der Waals surface area contributed by atoms with Gasteiger partial charge in [0.1, 0.15) is 12.4 Å². The van der Waals surface area contributed by atoms with Crippen molar-refractivity contribution >= 4 is 34.6 Å². The van der Waals surface area contributed by atoms with E-state index in [0.717, 1.165) is 33.3 Å². The number of amides is 1. The van der Waals surface area contributed by atoms with Crippen molar-refractivity contribution in [3.05, 3.63) is 131 Å². The molecule has 0 aliphatic rings. The highest BCUT2D eigenvalue weighted by Gasteiger charge is 2.13. The largest absolute Gasteiger partial charge is 0.488 e. The molecule has 1 aromatic heterocycles. The third-order valence-electron chi connectivity index (χ3n) is 5.63. The van der Waals surface area contributed by atoms with Crippen LogP contribution in [0.4, 0.5) is 0 Å².